The van der Waals surface area contributed by atoms with Crippen molar-refractivity contribution in [2.45, 2.75) is 58.9 Å². The van der Waals surface area contributed by atoms with E-state index >= 15 is 0 Å². The van der Waals surface area contributed by atoms with E-state index in [4.69, 9.17) is 5.73 Å². The molecule has 1 atom stereocenters. The van der Waals surface area contributed by atoms with Gasteiger partial charge in [-0.2, -0.15) is 0 Å². The SMILES string of the molecule is CCCC1CCN(c2ccc(CC(C)N)c(C)c2)CC1. The van der Waals surface area contributed by atoms with E-state index < -0.39 is 0 Å². The van der Waals surface area contributed by atoms with Gasteiger partial charge in [-0.25, -0.2) is 0 Å². The van der Waals surface area contributed by atoms with Crippen molar-refractivity contribution in [2.24, 2.45) is 11.7 Å². The third kappa shape index (κ3) is 3.99. The average Bonchev–Trinajstić information content (AvgIpc) is 2.42. The molecular formula is C18H30N2. The Balaban J connectivity index is 1.98. The Morgan fingerprint density at radius 2 is 2.00 bits per heavy atom. The van der Waals surface area contributed by atoms with Crippen LogP contribution >= 0.6 is 0 Å². The van der Waals surface area contributed by atoms with Crippen LogP contribution in [0.4, 0.5) is 5.69 Å². The number of benzene rings is 1. The minimum atomic E-state index is 0.240. The second-order valence-corrected chi connectivity index (χ2v) is 6.51. The second kappa shape index (κ2) is 7.12. The molecule has 0 radical (unpaired) electrons. The Kier molecular flexibility index (Phi) is 5.47. The molecule has 1 aliphatic rings. The van der Waals surface area contributed by atoms with Crippen molar-refractivity contribution < 1.29 is 0 Å². The van der Waals surface area contributed by atoms with Gasteiger partial charge >= 0.3 is 0 Å². The summed E-state index contributed by atoms with van der Waals surface area (Å²) in [6, 6.07) is 7.14. The molecule has 1 heterocycles. The van der Waals surface area contributed by atoms with Crippen LogP contribution in [0.1, 0.15) is 50.7 Å². The predicted molar refractivity (Wildman–Crippen MR) is 88.4 cm³/mol. The molecule has 1 aliphatic heterocycles. The van der Waals surface area contributed by atoms with Crippen LogP contribution in [0.3, 0.4) is 0 Å². The number of nitrogens with zero attached hydrogens (tertiary/aromatic N) is 1. The summed E-state index contributed by atoms with van der Waals surface area (Å²) in [5.74, 6) is 0.953. The van der Waals surface area contributed by atoms with Crippen LogP contribution < -0.4 is 10.6 Å². The average molecular weight is 274 g/mol. The van der Waals surface area contributed by atoms with E-state index in [2.05, 4.69) is 43.9 Å². The van der Waals surface area contributed by atoms with Gasteiger partial charge in [-0.1, -0.05) is 25.8 Å². The highest BCUT2D eigenvalue weighted by molar-refractivity contribution is 5.51. The summed E-state index contributed by atoms with van der Waals surface area (Å²) in [7, 11) is 0. The van der Waals surface area contributed by atoms with E-state index in [1.807, 2.05) is 0 Å². The summed E-state index contributed by atoms with van der Waals surface area (Å²) in [6.07, 6.45) is 6.42. The Morgan fingerprint density at radius 3 is 2.55 bits per heavy atom. The fourth-order valence-electron chi connectivity index (χ4n) is 3.34. The number of aryl methyl sites for hydroxylation is 1. The predicted octanol–water partition coefficient (Wildman–Crippen LogP) is 3.90. The van der Waals surface area contributed by atoms with Gasteiger partial charge in [0.2, 0.25) is 0 Å². The zero-order chi connectivity index (χ0) is 14.5. The molecule has 1 aromatic carbocycles. The van der Waals surface area contributed by atoms with Gasteiger partial charge in [0, 0.05) is 24.8 Å². The maximum absolute atomic E-state index is 5.91. The molecule has 0 bridgehead atoms. The molecule has 0 saturated carbocycles. The van der Waals surface area contributed by atoms with Crippen molar-refractivity contribution in [3.63, 3.8) is 0 Å². The number of piperidine rings is 1. The number of anilines is 1. The van der Waals surface area contributed by atoms with Gasteiger partial charge < -0.3 is 10.6 Å². The molecule has 0 spiro atoms. The van der Waals surface area contributed by atoms with Crippen molar-refractivity contribution in [1.82, 2.24) is 0 Å². The first-order valence-corrected chi connectivity index (χ1v) is 8.20. The standard InChI is InChI=1S/C18H30N2/c1-4-5-16-8-10-20(11-9-16)18-7-6-17(13-15(3)19)14(2)12-18/h6-7,12,15-16H,4-5,8-11,13,19H2,1-3H3. The van der Waals surface area contributed by atoms with E-state index in [-0.39, 0.29) is 6.04 Å². The minimum Gasteiger partial charge on any atom is -0.372 e. The molecule has 20 heavy (non-hydrogen) atoms. The summed E-state index contributed by atoms with van der Waals surface area (Å²) < 4.78 is 0. The number of hydrogen-bond donors (Lipinski definition) is 1. The summed E-state index contributed by atoms with van der Waals surface area (Å²) in [5.41, 5.74) is 10.1. The molecule has 2 N–H and O–H groups in total. The van der Waals surface area contributed by atoms with Gasteiger partial charge in [-0.3, -0.25) is 0 Å². The summed E-state index contributed by atoms with van der Waals surface area (Å²) >= 11 is 0. The highest BCUT2D eigenvalue weighted by Gasteiger charge is 2.19. The monoisotopic (exact) mass is 274 g/mol. The van der Waals surface area contributed by atoms with Crippen LogP contribution in [-0.4, -0.2) is 19.1 Å². The lowest BCUT2D eigenvalue weighted by Gasteiger charge is -2.34. The van der Waals surface area contributed by atoms with E-state index in [9.17, 15) is 0 Å². The van der Waals surface area contributed by atoms with E-state index in [0.717, 1.165) is 12.3 Å². The molecule has 0 aliphatic carbocycles. The Hall–Kier alpha value is -1.02. The van der Waals surface area contributed by atoms with Gasteiger partial charge in [-0.05, 0) is 62.3 Å². The molecule has 1 fully saturated rings. The highest BCUT2D eigenvalue weighted by Crippen LogP contribution is 2.27. The van der Waals surface area contributed by atoms with Gasteiger partial charge in [0.25, 0.3) is 0 Å². The van der Waals surface area contributed by atoms with Gasteiger partial charge in [-0.15, -0.1) is 0 Å². The Labute approximate surface area is 124 Å². The molecule has 1 unspecified atom stereocenters. The van der Waals surface area contributed by atoms with Crippen LogP contribution in [0.5, 0.6) is 0 Å². The van der Waals surface area contributed by atoms with Crippen molar-refractivity contribution in [3.8, 4) is 0 Å². The van der Waals surface area contributed by atoms with Gasteiger partial charge in [0.1, 0.15) is 0 Å². The fourth-order valence-corrected chi connectivity index (χ4v) is 3.34. The van der Waals surface area contributed by atoms with Crippen LogP contribution in [0.2, 0.25) is 0 Å². The third-order valence-corrected chi connectivity index (χ3v) is 4.54. The van der Waals surface area contributed by atoms with Crippen molar-refractivity contribution in [1.29, 1.82) is 0 Å². The van der Waals surface area contributed by atoms with Crippen molar-refractivity contribution in [3.05, 3.63) is 29.3 Å². The first kappa shape index (κ1) is 15.4. The zero-order valence-corrected chi connectivity index (χ0v) is 13.4. The first-order chi connectivity index (χ1) is 9.60. The smallest absolute Gasteiger partial charge is 0.0369 e. The summed E-state index contributed by atoms with van der Waals surface area (Å²) in [5, 5.41) is 0. The molecule has 0 aromatic heterocycles. The maximum atomic E-state index is 5.91. The van der Waals surface area contributed by atoms with Crippen LogP contribution in [0.15, 0.2) is 18.2 Å². The van der Waals surface area contributed by atoms with E-state index in [0.29, 0.717) is 0 Å². The topological polar surface area (TPSA) is 29.3 Å². The summed E-state index contributed by atoms with van der Waals surface area (Å²) in [6.45, 7) is 9.03. The number of nitrogens with two attached hydrogens (primary N) is 1. The van der Waals surface area contributed by atoms with E-state index in [1.165, 1.54) is 55.6 Å². The summed E-state index contributed by atoms with van der Waals surface area (Å²) in [4.78, 5) is 2.55. The van der Waals surface area contributed by atoms with Crippen molar-refractivity contribution in [2.75, 3.05) is 18.0 Å². The molecule has 2 rings (SSSR count). The van der Waals surface area contributed by atoms with Gasteiger partial charge in [0.05, 0.1) is 0 Å². The third-order valence-electron chi connectivity index (χ3n) is 4.54. The fraction of sp³-hybridized carbons (Fsp3) is 0.667. The van der Waals surface area contributed by atoms with E-state index in [1.54, 1.807) is 0 Å². The molecule has 1 saturated heterocycles. The lowest BCUT2D eigenvalue weighted by atomic mass is 9.92. The minimum absolute atomic E-state index is 0.240. The molecule has 2 heteroatoms. The zero-order valence-electron chi connectivity index (χ0n) is 13.4. The molecule has 0 amide bonds. The van der Waals surface area contributed by atoms with Crippen molar-refractivity contribution >= 4 is 5.69 Å². The molecular weight excluding hydrogens is 244 g/mol. The largest absolute Gasteiger partial charge is 0.372 e. The van der Waals surface area contributed by atoms with Crippen LogP contribution in [0, 0.1) is 12.8 Å². The molecule has 1 aromatic rings. The second-order valence-electron chi connectivity index (χ2n) is 6.51. The van der Waals surface area contributed by atoms with Crippen LogP contribution in [0.25, 0.3) is 0 Å². The number of rotatable bonds is 5. The maximum Gasteiger partial charge on any atom is 0.0369 e. The Morgan fingerprint density at radius 1 is 1.30 bits per heavy atom. The van der Waals surface area contributed by atoms with Crippen LogP contribution in [-0.2, 0) is 6.42 Å². The number of hydrogen-bond acceptors (Lipinski definition) is 2. The highest BCUT2D eigenvalue weighted by atomic mass is 15.1. The normalized spacial score (nSPS) is 18.3. The lowest BCUT2D eigenvalue weighted by molar-refractivity contribution is 0.378. The van der Waals surface area contributed by atoms with Gasteiger partial charge in [0.15, 0.2) is 0 Å². The molecule has 112 valence electrons. The Bertz CT molecular complexity index is 417. The molecule has 2 nitrogen and oxygen atoms in total. The first-order valence-electron chi connectivity index (χ1n) is 8.20. The quantitative estimate of drug-likeness (QED) is 0.882. The lowest BCUT2D eigenvalue weighted by Crippen LogP contribution is -2.33.